The molecule has 0 saturated carbocycles. The van der Waals surface area contributed by atoms with Gasteiger partial charge in [0.15, 0.2) is 5.78 Å². The zero-order valence-electron chi connectivity index (χ0n) is 10.8. The first-order valence-electron chi connectivity index (χ1n) is 6.64. The van der Waals surface area contributed by atoms with E-state index in [1.54, 1.807) is 18.5 Å². The average Bonchev–Trinajstić information content (AvgIpc) is 2.45. The third-order valence-corrected chi connectivity index (χ3v) is 3.14. The van der Waals surface area contributed by atoms with Gasteiger partial charge in [0, 0.05) is 24.2 Å². The fourth-order valence-corrected chi connectivity index (χ4v) is 2.16. The Morgan fingerprint density at radius 2 is 2.44 bits per heavy atom. The molecule has 2 heterocycles. The van der Waals surface area contributed by atoms with Gasteiger partial charge in [-0.3, -0.25) is 9.78 Å². The van der Waals surface area contributed by atoms with Gasteiger partial charge in [0.25, 0.3) is 0 Å². The highest BCUT2D eigenvalue weighted by molar-refractivity contribution is 5.98. The smallest absolute Gasteiger partial charge is 0.168 e. The molecule has 2 rings (SSSR count). The highest BCUT2D eigenvalue weighted by atomic mass is 16.5. The van der Waals surface area contributed by atoms with Crippen molar-refractivity contribution >= 4 is 5.78 Å². The van der Waals surface area contributed by atoms with Crippen LogP contribution < -0.4 is 10.1 Å². The van der Waals surface area contributed by atoms with Crippen LogP contribution >= 0.6 is 0 Å². The number of carbonyl (C=O) groups is 1. The summed E-state index contributed by atoms with van der Waals surface area (Å²) in [5, 5.41) is 3.26. The lowest BCUT2D eigenvalue weighted by molar-refractivity contribution is 0.0899. The third kappa shape index (κ3) is 3.29. The molecule has 1 atom stereocenters. The quantitative estimate of drug-likeness (QED) is 0.810. The standard InChI is InChI=1S/C14H20N2O2/c1-2-6-18-13-7-12(9-16-10-13)14(17)11-4-3-5-15-8-11/h7,9-11,15H,2-6,8H2,1H3. The number of ketones is 1. The van der Waals surface area contributed by atoms with Crippen LogP contribution in [0.15, 0.2) is 18.5 Å². The summed E-state index contributed by atoms with van der Waals surface area (Å²) in [6, 6.07) is 1.81. The van der Waals surface area contributed by atoms with Crippen LogP contribution in [0.1, 0.15) is 36.5 Å². The van der Waals surface area contributed by atoms with E-state index < -0.39 is 0 Å². The Kier molecular flexibility index (Phi) is 4.70. The van der Waals surface area contributed by atoms with Gasteiger partial charge in [-0.1, -0.05) is 6.92 Å². The molecule has 1 aromatic rings. The van der Waals surface area contributed by atoms with Gasteiger partial charge in [0.05, 0.1) is 12.8 Å². The molecule has 1 unspecified atom stereocenters. The van der Waals surface area contributed by atoms with E-state index in [0.717, 1.165) is 32.4 Å². The minimum atomic E-state index is 0.0852. The van der Waals surface area contributed by atoms with E-state index >= 15 is 0 Å². The van der Waals surface area contributed by atoms with E-state index in [4.69, 9.17) is 4.74 Å². The zero-order chi connectivity index (χ0) is 12.8. The number of carbonyl (C=O) groups excluding carboxylic acids is 1. The number of nitrogens with one attached hydrogen (secondary N) is 1. The molecular weight excluding hydrogens is 228 g/mol. The first-order valence-corrected chi connectivity index (χ1v) is 6.64. The fraction of sp³-hybridized carbons (Fsp3) is 0.571. The lowest BCUT2D eigenvalue weighted by Gasteiger charge is -2.21. The maximum Gasteiger partial charge on any atom is 0.168 e. The summed E-state index contributed by atoms with van der Waals surface area (Å²) in [6.45, 7) is 4.50. The van der Waals surface area contributed by atoms with E-state index in [1.165, 1.54) is 0 Å². The summed E-state index contributed by atoms with van der Waals surface area (Å²) < 4.78 is 5.50. The van der Waals surface area contributed by atoms with Gasteiger partial charge >= 0.3 is 0 Å². The van der Waals surface area contributed by atoms with Crippen molar-refractivity contribution < 1.29 is 9.53 Å². The summed E-state index contributed by atoms with van der Waals surface area (Å²) in [7, 11) is 0. The number of Topliss-reactive ketones (excluding diaryl/α,β-unsaturated/α-hetero) is 1. The lowest BCUT2D eigenvalue weighted by atomic mass is 9.91. The molecule has 0 aromatic carbocycles. The topological polar surface area (TPSA) is 51.2 Å². The predicted molar refractivity (Wildman–Crippen MR) is 69.9 cm³/mol. The van der Waals surface area contributed by atoms with E-state index in [9.17, 15) is 4.79 Å². The monoisotopic (exact) mass is 248 g/mol. The molecule has 18 heavy (non-hydrogen) atoms. The molecule has 0 radical (unpaired) electrons. The summed E-state index contributed by atoms with van der Waals surface area (Å²) in [4.78, 5) is 16.4. The van der Waals surface area contributed by atoms with Crippen molar-refractivity contribution in [3.05, 3.63) is 24.0 Å². The molecule has 4 nitrogen and oxygen atoms in total. The van der Waals surface area contributed by atoms with Crippen LogP contribution in [0, 0.1) is 5.92 Å². The molecule has 0 aliphatic carbocycles. The first kappa shape index (κ1) is 13.0. The predicted octanol–water partition coefficient (Wildman–Crippen LogP) is 2.05. The van der Waals surface area contributed by atoms with Crippen LogP contribution in [-0.4, -0.2) is 30.5 Å². The number of aromatic nitrogens is 1. The van der Waals surface area contributed by atoms with Crippen molar-refractivity contribution in [2.45, 2.75) is 26.2 Å². The van der Waals surface area contributed by atoms with Crippen molar-refractivity contribution in [2.75, 3.05) is 19.7 Å². The van der Waals surface area contributed by atoms with E-state index in [1.807, 2.05) is 0 Å². The lowest BCUT2D eigenvalue weighted by Crippen LogP contribution is -2.34. The molecule has 1 fully saturated rings. The fourth-order valence-electron chi connectivity index (χ4n) is 2.16. The van der Waals surface area contributed by atoms with Gasteiger partial charge in [-0.25, -0.2) is 0 Å². The van der Waals surface area contributed by atoms with E-state index in [-0.39, 0.29) is 11.7 Å². The van der Waals surface area contributed by atoms with Gasteiger partial charge in [0.1, 0.15) is 5.75 Å². The van der Waals surface area contributed by atoms with Crippen LogP contribution in [0.3, 0.4) is 0 Å². The Balaban J connectivity index is 2.04. The number of ether oxygens (including phenoxy) is 1. The number of nitrogens with zero attached hydrogens (tertiary/aromatic N) is 1. The number of pyridine rings is 1. The highest BCUT2D eigenvalue weighted by Crippen LogP contribution is 2.19. The molecule has 0 spiro atoms. The van der Waals surface area contributed by atoms with E-state index in [0.29, 0.717) is 17.9 Å². The normalized spacial score (nSPS) is 19.5. The van der Waals surface area contributed by atoms with Crippen molar-refractivity contribution in [2.24, 2.45) is 5.92 Å². The van der Waals surface area contributed by atoms with Crippen LogP contribution in [0.5, 0.6) is 5.75 Å². The molecule has 4 heteroatoms. The van der Waals surface area contributed by atoms with E-state index in [2.05, 4.69) is 17.2 Å². The Labute approximate surface area is 108 Å². The molecular formula is C14H20N2O2. The molecule has 0 bridgehead atoms. The molecule has 1 saturated heterocycles. The summed E-state index contributed by atoms with van der Waals surface area (Å²) in [5.74, 6) is 0.949. The van der Waals surface area contributed by atoms with Crippen LogP contribution in [0.2, 0.25) is 0 Å². The summed E-state index contributed by atoms with van der Waals surface area (Å²) in [6.07, 6.45) is 6.27. The Morgan fingerprint density at radius 1 is 1.56 bits per heavy atom. The van der Waals surface area contributed by atoms with Crippen molar-refractivity contribution in [3.63, 3.8) is 0 Å². The SMILES string of the molecule is CCCOc1cncc(C(=O)C2CCCNC2)c1. The number of rotatable bonds is 5. The van der Waals surface area contributed by atoms with Crippen LogP contribution in [0.25, 0.3) is 0 Å². The van der Waals surface area contributed by atoms with Gasteiger partial charge in [-0.05, 0) is 31.9 Å². The molecule has 1 aliphatic heterocycles. The Hall–Kier alpha value is -1.42. The Bertz CT molecular complexity index is 401. The number of hydrogen-bond donors (Lipinski definition) is 1. The number of hydrogen-bond acceptors (Lipinski definition) is 4. The maximum absolute atomic E-state index is 12.3. The minimum absolute atomic E-state index is 0.0852. The summed E-state index contributed by atoms with van der Waals surface area (Å²) in [5.41, 5.74) is 0.664. The van der Waals surface area contributed by atoms with Crippen molar-refractivity contribution in [3.8, 4) is 5.75 Å². The second kappa shape index (κ2) is 6.50. The summed E-state index contributed by atoms with van der Waals surface area (Å²) >= 11 is 0. The zero-order valence-corrected chi connectivity index (χ0v) is 10.8. The third-order valence-electron chi connectivity index (χ3n) is 3.14. The molecule has 1 aliphatic rings. The van der Waals surface area contributed by atoms with Crippen LogP contribution in [0.4, 0.5) is 0 Å². The average molecular weight is 248 g/mol. The molecule has 0 amide bonds. The largest absolute Gasteiger partial charge is 0.492 e. The van der Waals surface area contributed by atoms with Crippen molar-refractivity contribution in [1.29, 1.82) is 0 Å². The van der Waals surface area contributed by atoms with Crippen molar-refractivity contribution in [1.82, 2.24) is 10.3 Å². The second-order valence-corrected chi connectivity index (χ2v) is 4.67. The van der Waals surface area contributed by atoms with Gasteiger partial charge < -0.3 is 10.1 Å². The highest BCUT2D eigenvalue weighted by Gasteiger charge is 2.22. The van der Waals surface area contributed by atoms with Gasteiger partial charge in [-0.2, -0.15) is 0 Å². The molecule has 98 valence electrons. The second-order valence-electron chi connectivity index (χ2n) is 4.67. The van der Waals surface area contributed by atoms with Crippen LogP contribution in [-0.2, 0) is 0 Å². The van der Waals surface area contributed by atoms with Gasteiger partial charge in [0.2, 0.25) is 0 Å². The first-order chi connectivity index (χ1) is 8.81. The molecule has 1 aromatic heterocycles. The maximum atomic E-state index is 12.3. The van der Waals surface area contributed by atoms with Gasteiger partial charge in [-0.15, -0.1) is 0 Å². The number of piperidine rings is 1. The minimum Gasteiger partial charge on any atom is -0.492 e. The Morgan fingerprint density at radius 3 is 3.17 bits per heavy atom. The molecule has 1 N–H and O–H groups in total.